The molecule has 0 radical (unpaired) electrons. The Balaban J connectivity index is 2.07. The SMILES string of the molecule is CC1(C)CC(CO)CCN1C1CCS(=O)(=O)C1. The zero-order valence-corrected chi connectivity index (χ0v) is 11.5. The molecule has 2 atom stereocenters. The van der Waals surface area contributed by atoms with Gasteiger partial charge in [0.1, 0.15) is 0 Å². The molecule has 17 heavy (non-hydrogen) atoms. The lowest BCUT2D eigenvalue weighted by atomic mass is 9.82. The number of aliphatic hydroxyl groups excluding tert-OH is 1. The minimum absolute atomic E-state index is 0.0101. The minimum atomic E-state index is -2.81. The van der Waals surface area contributed by atoms with E-state index in [-0.39, 0.29) is 18.2 Å². The van der Waals surface area contributed by atoms with Gasteiger partial charge in [0.25, 0.3) is 0 Å². The smallest absolute Gasteiger partial charge is 0.151 e. The Bertz CT molecular complexity index is 377. The first-order valence-corrected chi connectivity index (χ1v) is 8.24. The van der Waals surface area contributed by atoms with Crippen molar-refractivity contribution in [3.8, 4) is 0 Å². The van der Waals surface area contributed by atoms with Crippen LogP contribution in [0.15, 0.2) is 0 Å². The number of hydrogen-bond donors (Lipinski definition) is 1. The minimum Gasteiger partial charge on any atom is -0.396 e. The van der Waals surface area contributed by atoms with Crippen molar-refractivity contribution < 1.29 is 13.5 Å². The van der Waals surface area contributed by atoms with E-state index < -0.39 is 9.84 Å². The Kier molecular flexibility index (Phi) is 3.54. The maximum Gasteiger partial charge on any atom is 0.151 e. The molecule has 2 rings (SSSR count). The van der Waals surface area contributed by atoms with E-state index in [1.54, 1.807) is 0 Å². The van der Waals surface area contributed by atoms with Crippen molar-refractivity contribution in [2.75, 3.05) is 24.7 Å². The molecule has 0 amide bonds. The van der Waals surface area contributed by atoms with Gasteiger partial charge >= 0.3 is 0 Å². The summed E-state index contributed by atoms with van der Waals surface area (Å²) in [6.07, 6.45) is 2.71. The summed E-state index contributed by atoms with van der Waals surface area (Å²) < 4.78 is 23.1. The van der Waals surface area contributed by atoms with Crippen LogP contribution in [0.3, 0.4) is 0 Å². The Labute approximate surface area is 104 Å². The van der Waals surface area contributed by atoms with Gasteiger partial charge in [-0.25, -0.2) is 8.42 Å². The molecule has 2 fully saturated rings. The van der Waals surface area contributed by atoms with Crippen LogP contribution in [0.25, 0.3) is 0 Å². The molecule has 0 aromatic rings. The molecule has 4 nitrogen and oxygen atoms in total. The van der Waals surface area contributed by atoms with Gasteiger partial charge < -0.3 is 5.11 Å². The van der Waals surface area contributed by atoms with Gasteiger partial charge in [0.05, 0.1) is 11.5 Å². The molecule has 100 valence electrons. The Hall–Kier alpha value is -0.130. The van der Waals surface area contributed by atoms with Crippen LogP contribution in [0.1, 0.15) is 33.1 Å². The van der Waals surface area contributed by atoms with E-state index in [2.05, 4.69) is 18.7 Å². The average molecular weight is 261 g/mol. The molecule has 5 heteroatoms. The fraction of sp³-hybridized carbons (Fsp3) is 1.00. The second-order valence-corrected chi connectivity index (χ2v) is 8.33. The van der Waals surface area contributed by atoms with E-state index in [1.165, 1.54) is 0 Å². The first-order chi connectivity index (χ1) is 7.84. The molecule has 0 aromatic carbocycles. The van der Waals surface area contributed by atoms with Crippen molar-refractivity contribution >= 4 is 9.84 Å². The third-order valence-electron chi connectivity index (χ3n) is 4.25. The predicted molar refractivity (Wildman–Crippen MR) is 67.7 cm³/mol. The summed E-state index contributed by atoms with van der Waals surface area (Å²) in [4.78, 5) is 2.35. The molecular weight excluding hydrogens is 238 g/mol. The topological polar surface area (TPSA) is 57.6 Å². The zero-order chi connectivity index (χ0) is 12.7. The van der Waals surface area contributed by atoms with Gasteiger partial charge in [-0.1, -0.05) is 0 Å². The third-order valence-corrected chi connectivity index (χ3v) is 6.00. The fourth-order valence-electron chi connectivity index (χ4n) is 3.40. The van der Waals surface area contributed by atoms with Crippen molar-refractivity contribution in [1.29, 1.82) is 0 Å². The number of sulfone groups is 1. The fourth-order valence-corrected chi connectivity index (χ4v) is 5.13. The summed E-state index contributed by atoms with van der Waals surface area (Å²) >= 11 is 0. The molecule has 1 N–H and O–H groups in total. The highest BCUT2D eigenvalue weighted by Gasteiger charge is 2.42. The largest absolute Gasteiger partial charge is 0.396 e. The number of aliphatic hydroxyl groups is 1. The average Bonchev–Trinajstić information content (AvgIpc) is 2.57. The number of rotatable bonds is 2. The monoisotopic (exact) mass is 261 g/mol. The summed E-state index contributed by atoms with van der Waals surface area (Å²) in [5.74, 6) is 1.03. The van der Waals surface area contributed by atoms with Gasteiger partial charge in [0.2, 0.25) is 0 Å². The molecule has 0 saturated carbocycles. The van der Waals surface area contributed by atoms with E-state index in [4.69, 9.17) is 0 Å². The normalized spacial score (nSPS) is 37.1. The summed E-state index contributed by atoms with van der Waals surface area (Å²) in [6.45, 7) is 5.50. The zero-order valence-electron chi connectivity index (χ0n) is 10.7. The quantitative estimate of drug-likeness (QED) is 0.793. The molecular formula is C12H23NO3S. The van der Waals surface area contributed by atoms with E-state index in [0.717, 1.165) is 25.8 Å². The first-order valence-electron chi connectivity index (χ1n) is 6.42. The van der Waals surface area contributed by atoms with Gasteiger partial charge in [0.15, 0.2) is 9.84 Å². The Morgan fingerprint density at radius 2 is 2.06 bits per heavy atom. The number of hydrogen-bond acceptors (Lipinski definition) is 4. The molecule has 0 aliphatic carbocycles. The van der Waals surface area contributed by atoms with Gasteiger partial charge in [-0.05, 0) is 45.6 Å². The van der Waals surface area contributed by atoms with Crippen molar-refractivity contribution in [1.82, 2.24) is 4.90 Å². The van der Waals surface area contributed by atoms with Crippen LogP contribution >= 0.6 is 0 Å². The van der Waals surface area contributed by atoms with Crippen molar-refractivity contribution in [3.63, 3.8) is 0 Å². The Morgan fingerprint density at radius 3 is 2.53 bits per heavy atom. The van der Waals surface area contributed by atoms with Crippen LogP contribution in [0, 0.1) is 5.92 Å². The lowest BCUT2D eigenvalue weighted by molar-refractivity contribution is 0.00288. The first kappa shape index (κ1) is 13.3. The summed E-state index contributed by atoms with van der Waals surface area (Å²) in [5, 5.41) is 9.24. The molecule has 0 aromatic heterocycles. The second kappa shape index (κ2) is 4.52. The van der Waals surface area contributed by atoms with E-state index in [1.807, 2.05) is 0 Å². The van der Waals surface area contributed by atoms with E-state index in [9.17, 15) is 13.5 Å². The van der Waals surface area contributed by atoms with Gasteiger partial charge in [-0.3, -0.25) is 4.90 Å². The van der Waals surface area contributed by atoms with E-state index in [0.29, 0.717) is 17.4 Å². The van der Waals surface area contributed by atoms with Gasteiger partial charge in [-0.15, -0.1) is 0 Å². The van der Waals surface area contributed by atoms with Crippen LogP contribution in [-0.4, -0.2) is 54.7 Å². The molecule has 2 unspecified atom stereocenters. The van der Waals surface area contributed by atoms with Crippen molar-refractivity contribution in [3.05, 3.63) is 0 Å². The summed E-state index contributed by atoms with van der Waals surface area (Å²) in [6, 6.07) is 0.189. The maximum absolute atomic E-state index is 11.5. The molecule has 0 bridgehead atoms. The lowest BCUT2D eigenvalue weighted by Gasteiger charge is -2.48. The standard InChI is InChI=1S/C12H23NO3S/c1-12(2)7-10(8-14)3-5-13(12)11-4-6-17(15,16)9-11/h10-11,14H,3-9H2,1-2H3. The van der Waals surface area contributed by atoms with E-state index >= 15 is 0 Å². The van der Waals surface area contributed by atoms with Gasteiger partial charge in [0, 0.05) is 18.2 Å². The number of nitrogens with zero attached hydrogens (tertiary/aromatic N) is 1. The highest BCUT2D eigenvalue weighted by atomic mass is 32.2. The van der Waals surface area contributed by atoms with Crippen LogP contribution in [0.4, 0.5) is 0 Å². The second-order valence-electron chi connectivity index (χ2n) is 6.10. The van der Waals surface area contributed by atoms with Crippen molar-refractivity contribution in [2.45, 2.75) is 44.7 Å². The van der Waals surface area contributed by atoms with Crippen LogP contribution < -0.4 is 0 Å². The predicted octanol–water partition coefficient (Wildman–Crippen LogP) is 0.656. The molecule has 2 aliphatic heterocycles. The summed E-state index contributed by atoms with van der Waals surface area (Å²) in [5.41, 5.74) is 0.0101. The highest BCUT2D eigenvalue weighted by molar-refractivity contribution is 7.91. The highest BCUT2D eigenvalue weighted by Crippen LogP contribution is 2.35. The molecule has 2 aliphatic rings. The van der Waals surface area contributed by atoms with Crippen LogP contribution in [-0.2, 0) is 9.84 Å². The number of likely N-dealkylation sites (tertiary alicyclic amines) is 1. The molecule has 2 saturated heterocycles. The van der Waals surface area contributed by atoms with Crippen LogP contribution in [0.5, 0.6) is 0 Å². The lowest BCUT2D eigenvalue weighted by Crippen LogP contribution is -2.55. The van der Waals surface area contributed by atoms with Crippen LogP contribution in [0.2, 0.25) is 0 Å². The van der Waals surface area contributed by atoms with Crippen molar-refractivity contribution in [2.24, 2.45) is 5.92 Å². The Morgan fingerprint density at radius 1 is 1.35 bits per heavy atom. The van der Waals surface area contributed by atoms with Gasteiger partial charge in [-0.2, -0.15) is 0 Å². The molecule has 0 spiro atoms. The molecule has 2 heterocycles. The maximum atomic E-state index is 11.5. The third kappa shape index (κ3) is 2.83. The summed E-state index contributed by atoms with van der Waals surface area (Å²) in [7, 11) is -2.81. The number of piperidine rings is 1.